The molecule has 1 amide bonds. The van der Waals surface area contributed by atoms with Crippen LogP contribution in [0.1, 0.15) is 52.7 Å². The summed E-state index contributed by atoms with van der Waals surface area (Å²) in [7, 11) is 0. The van der Waals surface area contributed by atoms with Crippen LogP contribution in [0.25, 0.3) is 0 Å². The second kappa shape index (κ2) is 5.13. The molecule has 1 rings (SSSR count). The number of hydrogen-bond acceptors (Lipinski definition) is 1. The average molecular weight is 247 g/mol. The van der Waals surface area contributed by atoms with Crippen LogP contribution in [0.3, 0.4) is 0 Å². The van der Waals surface area contributed by atoms with Crippen molar-refractivity contribution in [3.05, 3.63) is 35.4 Å². The monoisotopic (exact) mass is 247 g/mol. The summed E-state index contributed by atoms with van der Waals surface area (Å²) in [5.74, 6) is 0.0856. The SMILES string of the molecule is CC(C)(C)C(=O)NCc1ccc(C(C)(C)C)cc1. The predicted octanol–water partition coefficient (Wildman–Crippen LogP) is 3.65. The molecule has 0 unspecified atom stereocenters. The number of rotatable bonds is 2. The van der Waals surface area contributed by atoms with Gasteiger partial charge in [-0.2, -0.15) is 0 Å². The number of amides is 1. The van der Waals surface area contributed by atoms with E-state index in [1.54, 1.807) is 0 Å². The molecular weight excluding hydrogens is 222 g/mol. The van der Waals surface area contributed by atoms with Crippen LogP contribution in [-0.4, -0.2) is 5.91 Å². The summed E-state index contributed by atoms with van der Waals surface area (Å²) >= 11 is 0. The maximum absolute atomic E-state index is 11.8. The molecule has 0 fully saturated rings. The van der Waals surface area contributed by atoms with Gasteiger partial charge in [-0.25, -0.2) is 0 Å². The second-order valence-electron chi connectivity index (χ2n) is 6.88. The van der Waals surface area contributed by atoms with E-state index >= 15 is 0 Å². The molecule has 0 radical (unpaired) electrons. The van der Waals surface area contributed by atoms with Crippen molar-refractivity contribution in [1.82, 2.24) is 5.32 Å². The molecule has 0 aliphatic carbocycles. The first-order chi connectivity index (χ1) is 8.10. The number of carbonyl (C=O) groups is 1. The summed E-state index contributed by atoms with van der Waals surface area (Å²) in [6.07, 6.45) is 0. The molecule has 0 atom stereocenters. The molecule has 0 saturated heterocycles. The molecule has 0 heterocycles. The molecule has 1 N–H and O–H groups in total. The maximum atomic E-state index is 11.8. The van der Waals surface area contributed by atoms with Crippen molar-refractivity contribution in [2.24, 2.45) is 5.41 Å². The van der Waals surface area contributed by atoms with E-state index in [1.165, 1.54) is 5.56 Å². The molecule has 2 nitrogen and oxygen atoms in total. The Labute approximate surface area is 111 Å². The first-order valence-electron chi connectivity index (χ1n) is 6.48. The molecule has 1 aromatic rings. The Morgan fingerprint density at radius 3 is 1.89 bits per heavy atom. The highest BCUT2D eigenvalue weighted by Gasteiger charge is 2.20. The van der Waals surface area contributed by atoms with Crippen LogP contribution in [0.4, 0.5) is 0 Å². The Hall–Kier alpha value is -1.31. The highest BCUT2D eigenvalue weighted by atomic mass is 16.2. The summed E-state index contributed by atoms with van der Waals surface area (Å²) in [5.41, 5.74) is 2.30. The van der Waals surface area contributed by atoms with E-state index in [0.29, 0.717) is 6.54 Å². The predicted molar refractivity (Wildman–Crippen MR) is 76.4 cm³/mol. The van der Waals surface area contributed by atoms with Crippen molar-refractivity contribution in [3.63, 3.8) is 0 Å². The summed E-state index contributed by atoms with van der Waals surface area (Å²) in [4.78, 5) is 11.8. The molecule has 0 bridgehead atoms. The zero-order valence-electron chi connectivity index (χ0n) is 12.4. The quantitative estimate of drug-likeness (QED) is 0.849. The highest BCUT2D eigenvalue weighted by Crippen LogP contribution is 2.22. The maximum Gasteiger partial charge on any atom is 0.225 e. The second-order valence-corrected chi connectivity index (χ2v) is 6.88. The van der Waals surface area contributed by atoms with Crippen LogP contribution in [0, 0.1) is 5.41 Å². The zero-order chi connectivity index (χ0) is 14.0. The van der Waals surface area contributed by atoms with Gasteiger partial charge in [0.15, 0.2) is 0 Å². The molecule has 100 valence electrons. The van der Waals surface area contributed by atoms with Gasteiger partial charge in [0.2, 0.25) is 5.91 Å². The highest BCUT2D eigenvalue weighted by molar-refractivity contribution is 5.81. The van der Waals surface area contributed by atoms with E-state index in [-0.39, 0.29) is 16.7 Å². The van der Waals surface area contributed by atoms with E-state index in [1.807, 2.05) is 20.8 Å². The van der Waals surface area contributed by atoms with Gasteiger partial charge in [-0.05, 0) is 16.5 Å². The van der Waals surface area contributed by atoms with E-state index in [2.05, 4.69) is 50.4 Å². The molecule has 0 spiro atoms. The Morgan fingerprint density at radius 2 is 1.50 bits per heavy atom. The molecular formula is C16H25NO. The summed E-state index contributed by atoms with van der Waals surface area (Å²) in [6.45, 7) is 13.0. The first-order valence-corrected chi connectivity index (χ1v) is 6.48. The van der Waals surface area contributed by atoms with Crippen molar-refractivity contribution < 1.29 is 4.79 Å². The van der Waals surface area contributed by atoms with Crippen molar-refractivity contribution in [2.75, 3.05) is 0 Å². The molecule has 0 aromatic heterocycles. The van der Waals surface area contributed by atoms with Crippen molar-refractivity contribution in [2.45, 2.75) is 53.5 Å². The lowest BCUT2D eigenvalue weighted by Gasteiger charge is -2.20. The normalized spacial score (nSPS) is 12.3. The van der Waals surface area contributed by atoms with Gasteiger partial charge in [0.25, 0.3) is 0 Å². The average Bonchev–Trinajstić information content (AvgIpc) is 2.24. The van der Waals surface area contributed by atoms with Crippen LogP contribution >= 0.6 is 0 Å². The lowest BCUT2D eigenvalue weighted by Crippen LogP contribution is -2.34. The molecule has 0 aliphatic heterocycles. The lowest BCUT2D eigenvalue weighted by atomic mass is 9.87. The van der Waals surface area contributed by atoms with Gasteiger partial charge in [0, 0.05) is 12.0 Å². The van der Waals surface area contributed by atoms with Crippen molar-refractivity contribution in [1.29, 1.82) is 0 Å². The van der Waals surface area contributed by atoms with Gasteiger partial charge in [0.05, 0.1) is 0 Å². The number of benzene rings is 1. The number of nitrogens with one attached hydrogen (secondary N) is 1. The fourth-order valence-corrected chi connectivity index (χ4v) is 1.57. The third kappa shape index (κ3) is 4.17. The Kier molecular flexibility index (Phi) is 4.20. The first kappa shape index (κ1) is 14.7. The van der Waals surface area contributed by atoms with Gasteiger partial charge in [0.1, 0.15) is 0 Å². The lowest BCUT2D eigenvalue weighted by molar-refractivity contribution is -0.128. The van der Waals surface area contributed by atoms with E-state index < -0.39 is 0 Å². The van der Waals surface area contributed by atoms with Crippen molar-refractivity contribution >= 4 is 5.91 Å². The Morgan fingerprint density at radius 1 is 1.00 bits per heavy atom. The minimum absolute atomic E-state index is 0.0856. The van der Waals surface area contributed by atoms with Crippen molar-refractivity contribution in [3.8, 4) is 0 Å². The molecule has 0 aliphatic rings. The standard InChI is InChI=1S/C16H25NO/c1-15(2,3)13-9-7-12(8-10-13)11-17-14(18)16(4,5)6/h7-10H,11H2,1-6H3,(H,17,18). The zero-order valence-corrected chi connectivity index (χ0v) is 12.4. The van der Waals surface area contributed by atoms with Crippen LogP contribution in [-0.2, 0) is 16.8 Å². The third-order valence-electron chi connectivity index (χ3n) is 2.95. The van der Waals surface area contributed by atoms with E-state index in [0.717, 1.165) is 5.56 Å². The fourth-order valence-electron chi connectivity index (χ4n) is 1.57. The number of carbonyl (C=O) groups excluding carboxylic acids is 1. The molecule has 18 heavy (non-hydrogen) atoms. The van der Waals surface area contributed by atoms with E-state index in [9.17, 15) is 4.79 Å². The smallest absolute Gasteiger partial charge is 0.225 e. The Balaban J connectivity index is 2.63. The summed E-state index contributed by atoms with van der Waals surface area (Å²) in [5, 5.41) is 2.96. The minimum atomic E-state index is -0.328. The molecule has 0 saturated carbocycles. The molecule has 2 heteroatoms. The van der Waals surface area contributed by atoms with Crippen LogP contribution in [0.5, 0.6) is 0 Å². The fraction of sp³-hybridized carbons (Fsp3) is 0.562. The third-order valence-corrected chi connectivity index (χ3v) is 2.95. The number of hydrogen-bond donors (Lipinski definition) is 1. The summed E-state index contributed by atoms with van der Waals surface area (Å²) in [6, 6.07) is 8.45. The van der Waals surface area contributed by atoms with Gasteiger partial charge in [-0.3, -0.25) is 4.79 Å². The van der Waals surface area contributed by atoms with Crippen LogP contribution in [0.2, 0.25) is 0 Å². The topological polar surface area (TPSA) is 29.1 Å². The van der Waals surface area contributed by atoms with Gasteiger partial charge in [-0.15, -0.1) is 0 Å². The van der Waals surface area contributed by atoms with Crippen LogP contribution in [0.15, 0.2) is 24.3 Å². The molecule has 1 aromatic carbocycles. The summed E-state index contributed by atoms with van der Waals surface area (Å²) < 4.78 is 0. The van der Waals surface area contributed by atoms with Gasteiger partial charge in [-0.1, -0.05) is 65.8 Å². The largest absolute Gasteiger partial charge is 0.352 e. The Bertz CT molecular complexity index is 404. The van der Waals surface area contributed by atoms with Gasteiger partial charge < -0.3 is 5.32 Å². The van der Waals surface area contributed by atoms with Crippen LogP contribution < -0.4 is 5.32 Å². The van der Waals surface area contributed by atoms with E-state index in [4.69, 9.17) is 0 Å². The minimum Gasteiger partial charge on any atom is -0.352 e. The van der Waals surface area contributed by atoms with Gasteiger partial charge >= 0.3 is 0 Å².